The van der Waals surface area contributed by atoms with Crippen LogP contribution in [0.25, 0.3) is 0 Å². The molecule has 0 radical (unpaired) electrons. The minimum atomic E-state index is -1.05. The molecule has 2 amide bonds. The van der Waals surface area contributed by atoms with E-state index in [2.05, 4.69) is 5.32 Å². The Balaban J connectivity index is 1.82. The van der Waals surface area contributed by atoms with E-state index in [0.29, 0.717) is 11.3 Å². The third kappa shape index (κ3) is 5.03. The van der Waals surface area contributed by atoms with Crippen LogP contribution in [0.15, 0.2) is 65.3 Å². The molecule has 1 aliphatic rings. The van der Waals surface area contributed by atoms with E-state index < -0.39 is 17.8 Å². The van der Waals surface area contributed by atoms with Gasteiger partial charge in [-0.25, -0.2) is 4.39 Å². The molecule has 1 atom stereocenters. The van der Waals surface area contributed by atoms with Gasteiger partial charge in [0.05, 0.1) is 18.4 Å². The summed E-state index contributed by atoms with van der Waals surface area (Å²) < 4.78 is 24.5. The number of carbonyl (C=O) groups excluding carboxylic acids is 2. The maximum absolute atomic E-state index is 13.9. The van der Waals surface area contributed by atoms with Crippen LogP contribution >= 0.6 is 11.6 Å². The number of anilines is 1. The molecule has 33 heavy (non-hydrogen) atoms. The molecule has 1 aliphatic carbocycles. The highest BCUT2D eigenvalue weighted by Crippen LogP contribution is 2.33. The molecule has 4 rings (SSSR count). The molecule has 3 aromatic rings. The highest BCUT2D eigenvalue weighted by atomic mass is 35.5. The Kier molecular flexibility index (Phi) is 6.99. The summed E-state index contributed by atoms with van der Waals surface area (Å²) in [4.78, 5) is 28.5. The van der Waals surface area contributed by atoms with Crippen LogP contribution in [0.1, 0.15) is 47.8 Å². The first-order valence-electron chi connectivity index (χ1n) is 10.7. The van der Waals surface area contributed by atoms with Gasteiger partial charge in [0.25, 0.3) is 5.91 Å². The van der Waals surface area contributed by atoms with Crippen LogP contribution in [0, 0.1) is 5.82 Å². The van der Waals surface area contributed by atoms with Gasteiger partial charge in [0.15, 0.2) is 5.76 Å². The third-order valence-corrected chi connectivity index (χ3v) is 6.06. The number of nitrogens with zero attached hydrogens (tertiary/aromatic N) is 1. The van der Waals surface area contributed by atoms with Crippen molar-refractivity contribution in [3.63, 3.8) is 0 Å². The largest absolute Gasteiger partial charge is 0.497 e. The molecule has 6 nitrogen and oxygen atoms in total. The van der Waals surface area contributed by atoms with E-state index in [9.17, 15) is 14.0 Å². The lowest BCUT2D eigenvalue weighted by atomic mass is 10.0. The Labute approximate surface area is 196 Å². The number of hydrogen-bond acceptors (Lipinski definition) is 4. The SMILES string of the molecule is COc1ccc(C(C(=O)NC2CCCC2)N(C(=O)c2ccco2)c2ccc(F)c(Cl)c2)cc1. The van der Waals surface area contributed by atoms with Crippen molar-refractivity contribution in [2.45, 2.75) is 37.8 Å². The molecule has 1 saturated carbocycles. The van der Waals surface area contributed by atoms with Gasteiger partial charge in [0.2, 0.25) is 5.91 Å². The van der Waals surface area contributed by atoms with Gasteiger partial charge in [-0.05, 0) is 60.9 Å². The van der Waals surface area contributed by atoms with E-state index in [0.717, 1.165) is 25.7 Å². The summed E-state index contributed by atoms with van der Waals surface area (Å²) in [5, 5.41) is 2.92. The fourth-order valence-electron chi connectivity index (χ4n) is 4.09. The Bertz CT molecular complexity index is 1110. The first-order valence-corrected chi connectivity index (χ1v) is 11.1. The number of furan rings is 1. The molecule has 1 unspecified atom stereocenters. The Morgan fingerprint density at radius 1 is 1.15 bits per heavy atom. The molecule has 1 fully saturated rings. The second-order valence-electron chi connectivity index (χ2n) is 7.92. The van der Waals surface area contributed by atoms with Gasteiger partial charge in [0, 0.05) is 11.7 Å². The third-order valence-electron chi connectivity index (χ3n) is 5.77. The molecule has 172 valence electrons. The van der Waals surface area contributed by atoms with Crippen molar-refractivity contribution in [2.24, 2.45) is 0 Å². The maximum Gasteiger partial charge on any atom is 0.294 e. The van der Waals surface area contributed by atoms with Crippen LogP contribution in [0.5, 0.6) is 5.75 Å². The maximum atomic E-state index is 13.9. The van der Waals surface area contributed by atoms with Crippen LogP contribution in [0.4, 0.5) is 10.1 Å². The number of rotatable bonds is 7. The summed E-state index contributed by atoms with van der Waals surface area (Å²) in [5.41, 5.74) is 0.830. The van der Waals surface area contributed by atoms with E-state index in [-0.39, 0.29) is 28.4 Å². The second-order valence-corrected chi connectivity index (χ2v) is 8.32. The van der Waals surface area contributed by atoms with Crippen LogP contribution in [-0.4, -0.2) is 25.0 Å². The molecule has 2 aromatic carbocycles. The van der Waals surface area contributed by atoms with Crippen LogP contribution in [0.3, 0.4) is 0 Å². The summed E-state index contributed by atoms with van der Waals surface area (Å²) >= 11 is 6.04. The zero-order valence-electron chi connectivity index (χ0n) is 18.1. The molecule has 0 bridgehead atoms. The minimum absolute atomic E-state index is 0.0376. The zero-order chi connectivity index (χ0) is 23.4. The normalized spacial score (nSPS) is 14.6. The standard InChI is InChI=1S/C25H24ClFN2O4/c1-32-19-11-8-16(9-12-19)23(24(30)28-17-5-2-3-6-17)29(25(31)22-7-4-14-33-22)18-10-13-21(27)20(26)15-18/h4,7-15,17,23H,2-3,5-6H2,1H3,(H,28,30). The average Bonchev–Trinajstić information content (AvgIpc) is 3.54. The smallest absolute Gasteiger partial charge is 0.294 e. The first kappa shape index (κ1) is 22.9. The quantitative estimate of drug-likeness (QED) is 0.493. The van der Waals surface area contributed by atoms with Gasteiger partial charge in [0.1, 0.15) is 17.6 Å². The lowest BCUT2D eigenvalue weighted by Gasteiger charge is -2.32. The van der Waals surface area contributed by atoms with Crippen LogP contribution in [0.2, 0.25) is 5.02 Å². The first-order chi connectivity index (χ1) is 16.0. The fraction of sp³-hybridized carbons (Fsp3) is 0.280. The molecule has 0 aliphatic heterocycles. The zero-order valence-corrected chi connectivity index (χ0v) is 18.8. The predicted molar refractivity (Wildman–Crippen MR) is 123 cm³/mol. The number of amides is 2. The van der Waals surface area contributed by atoms with Gasteiger partial charge >= 0.3 is 0 Å². The summed E-state index contributed by atoms with van der Waals surface area (Å²) in [5.74, 6) is -0.857. The molecular weight excluding hydrogens is 447 g/mol. The van der Waals surface area contributed by atoms with E-state index in [1.54, 1.807) is 37.4 Å². The molecular formula is C25H24ClFN2O4. The van der Waals surface area contributed by atoms with Crippen molar-refractivity contribution in [1.29, 1.82) is 0 Å². The monoisotopic (exact) mass is 470 g/mol. The van der Waals surface area contributed by atoms with Gasteiger partial charge in [-0.15, -0.1) is 0 Å². The number of hydrogen-bond donors (Lipinski definition) is 1. The van der Waals surface area contributed by atoms with Gasteiger partial charge in [-0.1, -0.05) is 36.6 Å². The van der Waals surface area contributed by atoms with Crippen molar-refractivity contribution in [3.05, 3.63) is 83.0 Å². The Morgan fingerprint density at radius 3 is 2.48 bits per heavy atom. The summed E-state index contributed by atoms with van der Waals surface area (Å²) in [6.07, 6.45) is 5.23. The predicted octanol–water partition coefficient (Wildman–Crippen LogP) is 5.53. The number of ether oxygens (including phenoxy) is 1. The number of benzene rings is 2. The van der Waals surface area contributed by atoms with Gasteiger partial charge in [-0.2, -0.15) is 0 Å². The van der Waals surface area contributed by atoms with Crippen molar-refractivity contribution in [3.8, 4) is 5.75 Å². The molecule has 1 aromatic heterocycles. The fourth-order valence-corrected chi connectivity index (χ4v) is 4.27. The molecule has 8 heteroatoms. The molecule has 1 N–H and O–H groups in total. The second kappa shape index (κ2) is 10.1. The van der Waals surface area contributed by atoms with Crippen molar-refractivity contribution in [2.75, 3.05) is 12.0 Å². The average molecular weight is 471 g/mol. The molecule has 0 saturated heterocycles. The minimum Gasteiger partial charge on any atom is -0.497 e. The number of nitrogens with one attached hydrogen (secondary N) is 1. The summed E-state index contributed by atoms with van der Waals surface area (Å²) in [6, 6.07) is 12.9. The van der Waals surface area contributed by atoms with Crippen LogP contribution in [-0.2, 0) is 4.79 Å². The Morgan fingerprint density at radius 2 is 1.88 bits per heavy atom. The molecule has 0 spiro atoms. The lowest BCUT2D eigenvalue weighted by Crippen LogP contribution is -2.46. The lowest BCUT2D eigenvalue weighted by molar-refractivity contribution is -0.123. The van der Waals surface area contributed by atoms with Crippen molar-refractivity contribution in [1.82, 2.24) is 5.32 Å². The van der Waals surface area contributed by atoms with Gasteiger partial charge < -0.3 is 14.5 Å². The van der Waals surface area contributed by atoms with Crippen molar-refractivity contribution >= 4 is 29.1 Å². The van der Waals surface area contributed by atoms with E-state index in [1.807, 2.05) is 0 Å². The number of halogens is 2. The number of carbonyl (C=O) groups is 2. The highest BCUT2D eigenvalue weighted by molar-refractivity contribution is 6.31. The Hall–Kier alpha value is -3.32. The van der Waals surface area contributed by atoms with Crippen LogP contribution < -0.4 is 15.0 Å². The molecule has 1 heterocycles. The summed E-state index contributed by atoms with van der Waals surface area (Å²) in [7, 11) is 1.55. The van der Waals surface area contributed by atoms with E-state index in [1.165, 1.54) is 35.4 Å². The van der Waals surface area contributed by atoms with E-state index >= 15 is 0 Å². The van der Waals surface area contributed by atoms with E-state index in [4.69, 9.17) is 20.8 Å². The highest BCUT2D eigenvalue weighted by Gasteiger charge is 2.36. The number of methoxy groups -OCH3 is 1. The summed E-state index contributed by atoms with van der Waals surface area (Å²) in [6.45, 7) is 0. The topological polar surface area (TPSA) is 71.8 Å². The van der Waals surface area contributed by atoms with Crippen molar-refractivity contribution < 1.29 is 23.1 Å². The van der Waals surface area contributed by atoms with Gasteiger partial charge in [-0.3, -0.25) is 14.5 Å².